The van der Waals surface area contributed by atoms with E-state index < -0.39 is 5.82 Å². The Hall–Kier alpha value is -3.52. The lowest BCUT2D eigenvalue weighted by Crippen LogP contribution is -2.52. The minimum absolute atomic E-state index is 0.0333. The van der Waals surface area contributed by atoms with Crippen molar-refractivity contribution in [3.63, 3.8) is 0 Å². The summed E-state index contributed by atoms with van der Waals surface area (Å²) in [7, 11) is 0. The molecule has 0 atom stereocenters. The van der Waals surface area contributed by atoms with Crippen molar-refractivity contribution in [3.05, 3.63) is 77.1 Å². The molecule has 2 aromatic carbocycles. The molecule has 37 heavy (non-hydrogen) atoms. The number of piperazine rings is 1. The van der Waals surface area contributed by atoms with Crippen molar-refractivity contribution in [2.45, 2.75) is 20.3 Å². The van der Waals surface area contributed by atoms with Crippen molar-refractivity contribution in [2.75, 3.05) is 44.2 Å². The Balaban J connectivity index is 1.36. The third-order valence-electron chi connectivity index (χ3n) is 6.42. The maximum absolute atomic E-state index is 13.7. The molecule has 1 aromatic heterocycles. The summed E-state index contributed by atoms with van der Waals surface area (Å²) < 4.78 is 13.7. The first-order valence-corrected chi connectivity index (χ1v) is 12.9. The summed E-state index contributed by atoms with van der Waals surface area (Å²) in [4.78, 5) is 31.6. The maximum Gasteiger partial charge on any atom is 0.254 e. The van der Waals surface area contributed by atoms with Crippen LogP contribution in [0, 0.1) is 11.7 Å². The highest BCUT2D eigenvalue weighted by Crippen LogP contribution is 2.26. The minimum atomic E-state index is -0.472. The number of nitrogens with zero attached hydrogens (tertiary/aromatic N) is 5. The average molecular weight is 524 g/mol. The Morgan fingerprint density at radius 1 is 1.00 bits per heavy atom. The number of hydrogen-bond donors (Lipinski definition) is 0. The molecular formula is C28H31ClFN5O2. The number of halogens is 2. The molecule has 7 nitrogen and oxygen atoms in total. The largest absolute Gasteiger partial charge is 0.352 e. The normalized spacial score (nSPS) is 13.6. The first-order chi connectivity index (χ1) is 17.8. The van der Waals surface area contributed by atoms with E-state index in [0.29, 0.717) is 49.4 Å². The van der Waals surface area contributed by atoms with Gasteiger partial charge >= 0.3 is 0 Å². The first kappa shape index (κ1) is 26.5. The van der Waals surface area contributed by atoms with Crippen molar-refractivity contribution in [1.82, 2.24) is 20.0 Å². The van der Waals surface area contributed by atoms with Crippen LogP contribution in [0.4, 0.5) is 10.2 Å². The van der Waals surface area contributed by atoms with E-state index in [1.807, 2.05) is 36.4 Å². The smallest absolute Gasteiger partial charge is 0.254 e. The second-order valence-electron chi connectivity index (χ2n) is 9.54. The third kappa shape index (κ3) is 6.83. The topological polar surface area (TPSA) is 69.6 Å². The second-order valence-corrected chi connectivity index (χ2v) is 9.95. The van der Waals surface area contributed by atoms with Crippen LogP contribution in [-0.2, 0) is 4.79 Å². The molecule has 0 aliphatic carbocycles. The lowest BCUT2D eigenvalue weighted by molar-refractivity contribution is -0.132. The van der Waals surface area contributed by atoms with Crippen molar-refractivity contribution in [3.8, 4) is 11.3 Å². The van der Waals surface area contributed by atoms with Gasteiger partial charge in [-0.3, -0.25) is 9.59 Å². The van der Waals surface area contributed by atoms with Gasteiger partial charge in [0.2, 0.25) is 5.91 Å². The molecule has 0 bridgehead atoms. The van der Waals surface area contributed by atoms with Gasteiger partial charge in [-0.05, 0) is 48.7 Å². The van der Waals surface area contributed by atoms with Crippen LogP contribution < -0.4 is 4.90 Å². The van der Waals surface area contributed by atoms with E-state index in [-0.39, 0.29) is 23.9 Å². The number of anilines is 1. The fourth-order valence-corrected chi connectivity index (χ4v) is 4.46. The van der Waals surface area contributed by atoms with E-state index in [1.165, 1.54) is 23.1 Å². The summed E-state index contributed by atoms with van der Waals surface area (Å²) in [6.45, 7) is 6.77. The van der Waals surface area contributed by atoms with Crippen LogP contribution in [0.15, 0.2) is 60.7 Å². The van der Waals surface area contributed by atoms with Crippen LogP contribution >= 0.6 is 11.6 Å². The molecule has 2 amide bonds. The van der Waals surface area contributed by atoms with Gasteiger partial charge in [-0.15, -0.1) is 10.2 Å². The van der Waals surface area contributed by atoms with Crippen LogP contribution in [0.5, 0.6) is 0 Å². The molecule has 4 rings (SSSR count). The van der Waals surface area contributed by atoms with Gasteiger partial charge in [0, 0.05) is 43.9 Å². The summed E-state index contributed by atoms with van der Waals surface area (Å²) in [5.41, 5.74) is 1.78. The molecule has 0 saturated carbocycles. The average Bonchev–Trinajstić information content (AvgIpc) is 2.91. The standard InChI is InChI=1S/C28H31ClFN5O2/c1-20(2)12-13-35(28(37)21-6-5-7-22(30)18-21)19-27(36)34-16-14-33(15-17-34)26-11-10-25(31-32-26)23-8-3-4-9-24(23)29/h3-11,18,20H,12-17,19H2,1-2H3. The zero-order chi connectivity index (χ0) is 26.4. The summed E-state index contributed by atoms with van der Waals surface area (Å²) in [5, 5.41) is 9.33. The molecule has 0 unspecified atom stereocenters. The summed E-state index contributed by atoms with van der Waals surface area (Å²) in [6, 6.07) is 16.9. The van der Waals surface area contributed by atoms with Crippen molar-refractivity contribution < 1.29 is 14.0 Å². The maximum atomic E-state index is 13.7. The van der Waals surface area contributed by atoms with Gasteiger partial charge < -0.3 is 14.7 Å². The molecule has 2 heterocycles. The van der Waals surface area contributed by atoms with Crippen molar-refractivity contribution >= 4 is 29.2 Å². The summed E-state index contributed by atoms with van der Waals surface area (Å²) in [5.74, 6) is 0.184. The van der Waals surface area contributed by atoms with Crippen LogP contribution in [0.3, 0.4) is 0 Å². The molecule has 194 valence electrons. The Morgan fingerprint density at radius 3 is 2.41 bits per heavy atom. The fourth-order valence-electron chi connectivity index (χ4n) is 4.23. The quantitative estimate of drug-likeness (QED) is 0.425. The number of carbonyl (C=O) groups is 2. The predicted octanol–water partition coefficient (Wildman–Crippen LogP) is 4.77. The second kappa shape index (κ2) is 12.1. The molecule has 1 aliphatic heterocycles. The van der Waals surface area contributed by atoms with E-state index in [4.69, 9.17) is 11.6 Å². The summed E-state index contributed by atoms with van der Waals surface area (Å²) >= 11 is 6.27. The lowest BCUT2D eigenvalue weighted by atomic mass is 10.1. The molecule has 0 N–H and O–H groups in total. The number of benzene rings is 2. The van der Waals surface area contributed by atoms with Gasteiger partial charge in [-0.2, -0.15) is 0 Å². The monoisotopic (exact) mass is 523 g/mol. The minimum Gasteiger partial charge on any atom is -0.352 e. The third-order valence-corrected chi connectivity index (χ3v) is 6.75. The Labute approximate surface area is 221 Å². The molecule has 9 heteroatoms. The van der Waals surface area contributed by atoms with Gasteiger partial charge in [0.25, 0.3) is 5.91 Å². The van der Waals surface area contributed by atoms with E-state index >= 15 is 0 Å². The number of amides is 2. The Bertz CT molecular complexity index is 1230. The van der Waals surface area contributed by atoms with Crippen LogP contribution in [-0.4, -0.2) is 71.1 Å². The fraction of sp³-hybridized carbons (Fsp3) is 0.357. The van der Waals surface area contributed by atoms with Gasteiger partial charge in [0.15, 0.2) is 5.82 Å². The van der Waals surface area contributed by atoms with Gasteiger partial charge in [-0.25, -0.2) is 4.39 Å². The predicted molar refractivity (Wildman–Crippen MR) is 143 cm³/mol. The molecule has 0 radical (unpaired) electrons. The van der Waals surface area contributed by atoms with Gasteiger partial charge in [0.1, 0.15) is 12.4 Å². The molecule has 3 aromatic rings. The zero-order valence-electron chi connectivity index (χ0n) is 21.1. The molecule has 1 fully saturated rings. The Kier molecular flexibility index (Phi) is 8.71. The highest BCUT2D eigenvalue weighted by atomic mass is 35.5. The van der Waals surface area contributed by atoms with Crippen molar-refractivity contribution in [2.24, 2.45) is 5.92 Å². The highest BCUT2D eigenvalue weighted by Gasteiger charge is 2.26. The SMILES string of the molecule is CC(C)CCN(CC(=O)N1CCN(c2ccc(-c3ccccc3Cl)nn2)CC1)C(=O)c1cccc(F)c1. The number of carbonyl (C=O) groups excluding carboxylic acids is 2. The number of hydrogen-bond acceptors (Lipinski definition) is 5. The molecule has 1 saturated heterocycles. The molecule has 0 spiro atoms. The summed E-state index contributed by atoms with van der Waals surface area (Å²) in [6.07, 6.45) is 0.755. The van der Waals surface area contributed by atoms with Crippen LogP contribution in [0.25, 0.3) is 11.3 Å². The van der Waals surface area contributed by atoms with E-state index in [1.54, 1.807) is 11.0 Å². The van der Waals surface area contributed by atoms with E-state index in [2.05, 4.69) is 28.9 Å². The molecular weight excluding hydrogens is 493 g/mol. The van der Waals surface area contributed by atoms with Crippen LogP contribution in [0.1, 0.15) is 30.6 Å². The number of aromatic nitrogens is 2. The Morgan fingerprint density at radius 2 is 1.76 bits per heavy atom. The lowest BCUT2D eigenvalue weighted by Gasteiger charge is -2.36. The van der Waals surface area contributed by atoms with E-state index in [0.717, 1.165) is 17.8 Å². The number of rotatable bonds is 8. The molecule has 1 aliphatic rings. The zero-order valence-corrected chi connectivity index (χ0v) is 21.9. The van der Waals surface area contributed by atoms with Crippen molar-refractivity contribution in [1.29, 1.82) is 0 Å². The van der Waals surface area contributed by atoms with Gasteiger partial charge in [-0.1, -0.05) is 49.7 Å². The van der Waals surface area contributed by atoms with Gasteiger partial charge in [0.05, 0.1) is 10.7 Å². The first-order valence-electron chi connectivity index (χ1n) is 12.5. The van der Waals surface area contributed by atoms with E-state index in [9.17, 15) is 14.0 Å². The highest BCUT2D eigenvalue weighted by molar-refractivity contribution is 6.33. The van der Waals surface area contributed by atoms with Crippen LogP contribution in [0.2, 0.25) is 5.02 Å².